The van der Waals surface area contributed by atoms with Crippen LogP contribution in [0.2, 0.25) is 0 Å². The topological polar surface area (TPSA) is 74.7 Å². The first-order valence-corrected chi connectivity index (χ1v) is 10.7. The van der Waals surface area contributed by atoms with E-state index in [1.807, 2.05) is 11.8 Å². The van der Waals surface area contributed by atoms with E-state index in [-0.39, 0.29) is 24.1 Å². The van der Waals surface area contributed by atoms with Crippen molar-refractivity contribution >= 4 is 18.1 Å². The molecule has 168 valence electrons. The van der Waals surface area contributed by atoms with E-state index >= 15 is 0 Å². The molecular weight excluding hydrogens is 384 g/mol. The number of rotatable bonds is 10. The second-order valence-electron chi connectivity index (χ2n) is 7.80. The van der Waals surface area contributed by atoms with Gasteiger partial charge in [0.15, 0.2) is 0 Å². The Hall–Kier alpha value is -2.19. The lowest BCUT2D eigenvalue weighted by molar-refractivity contribution is -0.150. The Morgan fingerprint density at radius 3 is 2.57 bits per heavy atom. The summed E-state index contributed by atoms with van der Waals surface area (Å²) in [5.74, 6) is 0.293. The van der Waals surface area contributed by atoms with Gasteiger partial charge in [-0.25, -0.2) is 4.99 Å². The van der Waals surface area contributed by atoms with Crippen molar-refractivity contribution in [3.8, 4) is 0 Å². The highest BCUT2D eigenvalue weighted by Gasteiger charge is 2.38. The van der Waals surface area contributed by atoms with Gasteiger partial charge in [0.05, 0.1) is 7.11 Å². The summed E-state index contributed by atoms with van der Waals surface area (Å²) in [5.41, 5.74) is 0. The number of carbonyl (C=O) groups is 2. The Labute approximate surface area is 180 Å². The van der Waals surface area contributed by atoms with Gasteiger partial charge in [0.25, 0.3) is 5.91 Å². The number of carbonyl (C=O) groups excluding carboxylic acids is 2. The molecule has 0 saturated carbocycles. The number of methoxy groups -OCH3 is 1. The van der Waals surface area contributed by atoms with Gasteiger partial charge >= 0.3 is 5.97 Å². The zero-order chi connectivity index (χ0) is 22.1. The average molecular weight is 421 g/mol. The molecule has 30 heavy (non-hydrogen) atoms. The first-order chi connectivity index (χ1) is 14.4. The molecule has 0 aliphatic carbocycles. The Morgan fingerprint density at radius 1 is 1.27 bits per heavy atom. The summed E-state index contributed by atoms with van der Waals surface area (Å²) in [4.78, 5) is 35.1. The minimum absolute atomic E-state index is 0.00513. The molecule has 2 heterocycles. The van der Waals surface area contributed by atoms with Crippen molar-refractivity contribution in [2.45, 2.75) is 63.8 Å². The predicted octanol–water partition coefficient (Wildman–Crippen LogP) is 2.37. The van der Waals surface area contributed by atoms with Crippen molar-refractivity contribution in [3.05, 3.63) is 25.2 Å². The highest BCUT2D eigenvalue weighted by atomic mass is 16.5. The van der Waals surface area contributed by atoms with Gasteiger partial charge in [0.2, 0.25) is 0 Å². The standard InChI is InChI=1S/C22H36N4O4/c1-6-23-17(3)25(7-2)20-11-10-19(30-20)22(28)26(14-8-9-21(27)29-5)18-12-15-24(4)16-13-18/h6-7,18-20H,2-3,8-16H2,1,4-5H3/b23-6-. The number of likely N-dealkylation sites (tertiary alicyclic amines) is 1. The van der Waals surface area contributed by atoms with E-state index in [9.17, 15) is 9.59 Å². The van der Waals surface area contributed by atoms with Crippen LogP contribution in [0.4, 0.5) is 0 Å². The third-order valence-corrected chi connectivity index (χ3v) is 5.78. The Bertz CT molecular complexity index is 643. The van der Waals surface area contributed by atoms with Crippen LogP contribution in [-0.4, -0.2) is 85.0 Å². The number of amides is 1. The van der Waals surface area contributed by atoms with E-state index in [1.54, 1.807) is 17.3 Å². The first-order valence-electron chi connectivity index (χ1n) is 10.7. The molecule has 2 aliphatic heterocycles. The van der Waals surface area contributed by atoms with Crippen LogP contribution < -0.4 is 0 Å². The van der Waals surface area contributed by atoms with Crippen molar-refractivity contribution in [1.82, 2.24) is 14.7 Å². The van der Waals surface area contributed by atoms with Gasteiger partial charge in [-0.15, -0.1) is 0 Å². The Kier molecular flexibility index (Phi) is 9.52. The van der Waals surface area contributed by atoms with E-state index in [4.69, 9.17) is 9.47 Å². The van der Waals surface area contributed by atoms with Crippen LogP contribution in [0.3, 0.4) is 0 Å². The Morgan fingerprint density at radius 2 is 1.97 bits per heavy atom. The molecule has 0 aromatic rings. The normalized spacial score (nSPS) is 22.8. The minimum Gasteiger partial charge on any atom is -0.469 e. The van der Waals surface area contributed by atoms with Gasteiger partial charge in [-0.1, -0.05) is 13.2 Å². The molecule has 2 saturated heterocycles. The molecular formula is C22H36N4O4. The SMILES string of the molecule is C=CN(C(=C)/N=C\C)C1CCC(C(=O)N(CCCC(=O)OC)C2CCN(C)CC2)O1. The van der Waals surface area contributed by atoms with Gasteiger partial charge in [0, 0.05) is 31.4 Å². The lowest BCUT2D eigenvalue weighted by Crippen LogP contribution is -2.50. The summed E-state index contributed by atoms with van der Waals surface area (Å²) in [6, 6.07) is 0.171. The zero-order valence-corrected chi connectivity index (χ0v) is 18.6. The molecule has 0 spiro atoms. The number of aliphatic imine (C=N–C) groups is 1. The molecule has 0 N–H and O–H groups in total. The number of piperidine rings is 1. The van der Waals surface area contributed by atoms with Crippen LogP contribution in [0.15, 0.2) is 30.2 Å². The smallest absolute Gasteiger partial charge is 0.305 e. The Balaban J connectivity index is 2.04. The highest BCUT2D eigenvalue weighted by molar-refractivity contribution is 5.81. The number of esters is 1. The fraction of sp³-hybridized carbons (Fsp3) is 0.682. The molecule has 1 amide bonds. The maximum absolute atomic E-state index is 13.4. The van der Waals surface area contributed by atoms with E-state index in [0.717, 1.165) is 25.9 Å². The number of ether oxygens (including phenoxy) is 2. The quantitative estimate of drug-likeness (QED) is 0.399. The average Bonchev–Trinajstić information content (AvgIpc) is 3.22. The fourth-order valence-electron chi connectivity index (χ4n) is 4.07. The molecule has 2 rings (SSSR count). The van der Waals surface area contributed by atoms with Crippen molar-refractivity contribution in [1.29, 1.82) is 0 Å². The summed E-state index contributed by atoms with van der Waals surface area (Å²) < 4.78 is 10.9. The van der Waals surface area contributed by atoms with Gasteiger partial charge in [0.1, 0.15) is 18.2 Å². The molecule has 8 heteroatoms. The number of hydrogen-bond donors (Lipinski definition) is 0. The van der Waals surface area contributed by atoms with Crippen LogP contribution >= 0.6 is 0 Å². The third kappa shape index (κ3) is 6.40. The fourth-order valence-corrected chi connectivity index (χ4v) is 4.07. The highest BCUT2D eigenvalue weighted by Crippen LogP contribution is 2.28. The summed E-state index contributed by atoms with van der Waals surface area (Å²) in [5, 5.41) is 0. The number of hydrogen-bond acceptors (Lipinski definition) is 7. The largest absolute Gasteiger partial charge is 0.469 e. The second-order valence-corrected chi connectivity index (χ2v) is 7.80. The summed E-state index contributed by atoms with van der Waals surface area (Å²) in [6.45, 7) is 12.0. The predicted molar refractivity (Wildman–Crippen MR) is 117 cm³/mol. The summed E-state index contributed by atoms with van der Waals surface area (Å²) >= 11 is 0. The first kappa shape index (κ1) is 24.1. The summed E-state index contributed by atoms with van der Waals surface area (Å²) in [7, 11) is 3.48. The van der Waals surface area contributed by atoms with E-state index in [2.05, 4.69) is 30.1 Å². The van der Waals surface area contributed by atoms with Crippen LogP contribution in [-0.2, 0) is 19.1 Å². The maximum Gasteiger partial charge on any atom is 0.305 e. The van der Waals surface area contributed by atoms with Gasteiger partial charge in [-0.2, -0.15) is 0 Å². The number of nitrogens with zero attached hydrogens (tertiary/aromatic N) is 4. The lowest BCUT2D eigenvalue weighted by atomic mass is 10.0. The molecule has 2 fully saturated rings. The van der Waals surface area contributed by atoms with Crippen LogP contribution in [0.25, 0.3) is 0 Å². The second kappa shape index (κ2) is 11.9. The molecule has 2 unspecified atom stereocenters. The van der Waals surface area contributed by atoms with Crippen LogP contribution in [0.1, 0.15) is 45.4 Å². The molecule has 0 aromatic carbocycles. The van der Waals surface area contributed by atoms with E-state index in [1.165, 1.54) is 7.11 Å². The minimum atomic E-state index is -0.506. The molecule has 8 nitrogen and oxygen atoms in total. The van der Waals surface area contributed by atoms with Gasteiger partial charge in [-0.05, 0) is 59.2 Å². The molecule has 0 radical (unpaired) electrons. The van der Waals surface area contributed by atoms with Crippen molar-refractivity contribution < 1.29 is 19.1 Å². The maximum atomic E-state index is 13.4. The van der Waals surface area contributed by atoms with Crippen molar-refractivity contribution in [2.75, 3.05) is 33.8 Å². The van der Waals surface area contributed by atoms with E-state index < -0.39 is 6.10 Å². The molecule has 2 aliphatic rings. The zero-order valence-electron chi connectivity index (χ0n) is 18.6. The van der Waals surface area contributed by atoms with Crippen LogP contribution in [0, 0.1) is 0 Å². The lowest BCUT2D eigenvalue weighted by Gasteiger charge is -2.38. The monoisotopic (exact) mass is 420 g/mol. The summed E-state index contributed by atoms with van der Waals surface area (Å²) in [6.07, 6.45) is 6.57. The molecule has 2 atom stereocenters. The van der Waals surface area contributed by atoms with Crippen molar-refractivity contribution in [2.24, 2.45) is 4.99 Å². The van der Waals surface area contributed by atoms with Gasteiger partial charge < -0.3 is 24.2 Å². The van der Waals surface area contributed by atoms with Crippen molar-refractivity contribution in [3.63, 3.8) is 0 Å². The third-order valence-electron chi connectivity index (χ3n) is 5.78. The van der Waals surface area contributed by atoms with E-state index in [0.29, 0.717) is 38.0 Å². The molecule has 0 bridgehead atoms. The van der Waals surface area contributed by atoms with Gasteiger partial charge in [-0.3, -0.25) is 9.59 Å². The molecule has 0 aromatic heterocycles. The van der Waals surface area contributed by atoms with Crippen LogP contribution in [0.5, 0.6) is 0 Å².